The highest BCUT2D eigenvalue weighted by Crippen LogP contribution is 2.25. The molecule has 0 unspecified atom stereocenters. The van der Waals surface area contributed by atoms with Crippen molar-refractivity contribution in [2.24, 2.45) is 0 Å². The van der Waals surface area contributed by atoms with E-state index in [1.54, 1.807) is 0 Å². The molecule has 0 aliphatic rings. The molecule has 0 fully saturated rings. The predicted octanol–water partition coefficient (Wildman–Crippen LogP) is 2.34. The maximum absolute atomic E-state index is 11.8. The van der Waals surface area contributed by atoms with Gasteiger partial charge < -0.3 is 10.5 Å². The minimum atomic E-state index is -4.56. The van der Waals surface area contributed by atoms with Crippen LogP contribution in [0.4, 0.5) is 18.9 Å². The van der Waals surface area contributed by atoms with Crippen LogP contribution in [-0.2, 0) is 14.6 Å². The van der Waals surface area contributed by atoms with Crippen LogP contribution in [0.2, 0.25) is 0 Å². The van der Waals surface area contributed by atoms with Crippen LogP contribution < -0.4 is 5.73 Å². The lowest BCUT2D eigenvalue weighted by atomic mass is 10.3. The fraction of sp³-hybridized carbons (Fsp3) is 0.333. The lowest BCUT2D eigenvalue weighted by molar-refractivity contribution is -0.169. The van der Waals surface area contributed by atoms with Crippen molar-refractivity contribution in [1.82, 2.24) is 0 Å². The van der Waals surface area contributed by atoms with Gasteiger partial charge in [-0.2, -0.15) is 13.2 Å². The fourth-order valence-electron chi connectivity index (χ4n) is 1.10. The molecule has 1 aromatic carbocycles. The summed E-state index contributed by atoms with van der Waals surface area (Å²) in [6, 6.07) is 3.88. The van der Waals surface area contributed by atoms with E-state index in [-0.39, 0.29) is 9.37 Å². The summed E-state index contributed by atoms with van der Waals surface area (Å²) in [5, 5.41) is 0. The zero-order valence-electron chi connectivity index (χ0n) is 8.87. The molecule has 0 atom stereocenters. The second kappa shape index (κ2) is 5.45. The van der Waals surface area contributed by atoms with Crippen LogP contribution >= 0.6 is 15.9 Å². The van der Waals surface area contributed by atoms with Crippen molar-refractivity contribution >= 4 is 31.5 Å². The molecule has 0 heterocycles. The van der Waals surface area contributed by atoms with Crippen LogP contribution in [0.3, 0.4) is 0 Å². The summed E-state index contributed by atoms with van der Waals surface area (Å²) >= 11 is 2.98. The quantitative estimate of drug-likeness (QED) is 0.848. The highest BCUT2D eigenvalue weighted by Gasteiger charge is 2.29. The molecule has 0 saturated carbocycles. The van der Waals surface area contributed by atoms with Crippen LogP contribution in [0.25, 0.3) is 0 Å². The lowest BCUT2D eigenvalue weighted by Gasteiger charge is -2.09. The monoisotopic (exact) mass is 347 g/mol. The molecule has 0 saturated heterocycles. The second-order valence-electron chi connectivity index (χ2n) is 3.39. The maximum atomic E-state index is 11.8. The molecule has 0 aliphatic heterocycles. The molecule has 0 amide bonds. The van der Waals surface area contributed by atoms with Gasteiger partial charge in [-0.1, -0.05) is 0 Å². The Morgan fingerprint density at radius 1 is 1.33 bits per heavy atom. The molecule has 4 nitrogen and oxygen atoms in total. The van der Waals surface area contributed by atoms with Crippen LogP contribution in [0.5, 0.6) is 0 Å². The molecule has 1 rings (SSSR count). The third kappa shape index (κ3) is 4.46. The maximum Gasteiger partial charge on any atom is 0.411 e. The van der Waals surface area contributed by atoms with Crippen LogP contribution in [0.15, 0.2) is 27.6 Å². The van der Waals surface area contributed by atoms with E-state index in [1.807, 2.05) is 0 Å². The standard InChI is InChI=1S/C9H9BrF3NO3S/c10-7-3-6(14)1-2-8(7)18(15,16)5-17-4-9(11,12)13/h1-3H,4-5,14H2. The van der Waals surface area contributed by atoms with E-state index in [0.29, 0.717) is 5.69 Å². The summed E-state index contributed by atoms with van der Waals surface area (Å²) in [6.07, 6.45) is -4.56. The molecule has 1 aromatic rings. The molecule has 0 aromatic heterocycles. The van der Waals surface area contributed by atoms with Gasteiger partial charge in [-0.15, -0.1) is 0 Å². The molecule has 0 aliphatic carbocycles. The summed E-state index contributed by atoms with van der Waals surface area (Å²) in [5.74, 6) is -1.05. The normalized spacial score (nSPS) is 12.7. The Bertz CT molecular complexity index is 530. The Kier molecular flexibility index (Phi) is 4.62. The minimum Gasteiger partial charge on any atom is -0.399 e. The number of benzene rings is 1. The average Bonchev–Trinajstić information content (AvgIpc) is 2.13. The van der Waals surface area contributed by atoms with Gasteiger partial charge in [-0.3, -0.25) is 0 Å². The number of rotatable bonds is 4. The third-order valence-electron chi connectivity index (χ3n) is 1.80. The molecule has 102 valence electrons. The summed E-state index contributed by atoms with van der Waals surface area (Å²) in [6.45, 7) is -1.61. The zero-order valence-corrected chi connectivity index (χ0v) is 11.3. The van der Waals surface area contributed by atoms with E-state index >= 15 is 0 Å². The summed E-state index contributed by atoms with van der Waals surface area (Å²) < 4.78 is 63.1. The number of halogens is 4. The minimum absolute atomic E-state index is 0.168. The van der Waals surface area contributed by atoms with Crippen molar-refractivity contribution in [3.8, 4) is 0 Å². The SMILES string of the molecule is Nc1ccc(S(=O)(=O)COCC(F)(F)F)c(Br)c1. The predicted molar refractivity (Wildman–Crippen MR) is 62.6 cm³/mol. The van der Waals surface area contributed by atoms with E-state index in [1.165, 1.54) is 18.2 Å². The average molecular weight is 348 g/mol. The topological polar surface area (TPSA) is 69.4 Å². The van der Waals surface area contributed by atoms with E-state index in [2.05, 4.69) is 20.7 Å². The largest absolute Gasteiger partial charge is 0.411 e. The van der Waals surface area contributed by atoms with Gasteiger partial charge in [0, 0.05) is 10.2 Å². The van der Waals surface area contributed by atoms with E-state index < -0.39 is 28.6 Å². The first-order valence-corrected chi connectivity index (χ1v) is 6.98. The Morgan fingerprint density at radius 2 is 1.94 bits per heavy atom. The van der Waals surface area contributed by atoms with E-state index in [4.69, 9.17) is 5.73 Å². The van der Waals surface area contributed by atoms with Crippen molar-refractivity contribution in [3.05, 3.63) is 22.7 Å². The third-order valence-corrected chi connectivity index (χ3v) is 4.22. The molecular weight excluding hydrogens is 339 g/mol. The highest BCUT2D eigenvalue weighted by atomic mass is 79.9. The molecule has 0 radical (unpaired) electrons. The van der Waals surface area contributed by atoms with Crippen LogP contribution in [-0.4, -0.2) is 27.1 Å². The van der Waals surface area contributed by atoms with Gasteiger partial charge in [0.2, 0.25) is 9.84 Å². The van der Waals surface area contributed by atoms with Gasteiger partial charge in [0.1, 0.15) is 6.61 Å². The number of nitrogens with two attached hydrogens (primary N) is 1. The van der Waals surface area contributed by atoms with Gasteiger partial charge >= 0.3 is 6.18 Å². The van der Waals surface area contributed by atoms with Crippen molar-refractivity contribution < 1.29 is 26.3 Å². The first-order valence-electron chi connectivity index (χ1n) is 4.54. The Morgan fingerprint density at radius 3 is 2.44 bits per heavy atom. The molecule has 0 bridgehead atoms. The number of hydrogen-bond donors (Lipinski definition) is 1. The molecular formula is C9H9BrF3NO3S. The van der Waals surface area contributed by atoms with Crippen molar-refractivity contribution in [3.63, 3.8) is 0 Å². The highest BCUT2D eigenvalue weighted by molar-refractivity contribution is 9.10. The Balaban J connectivity index is 2.81. The number of ether oxygens (including phenoxy) is 1. The molecule has 9 heteroatoms. The zero-order chi connectivity index (χ0) is 14.0. The summed E-state index contributed by atoms with van der Waals surface area (Å²) in [7, 11) is -3.95. The smallest absolute Gasteiger partial charge is 0.399 e. The van der Waals surface area contributed by atoms with Gasteiger partial charge in [0.05, 0.1) is 4.90 Å². The number of hydrogen-bond acceptors (Lipinski definition) is 4. The molecule has 2 N–H and O–H groups in total. The van der Waals surface area contributed by atoms with Crippen LogP contribution in [0.1, 0.15) is 0 Å². The second-order valence-corrected chi connectivity index (χ2v) is 6.15. The first-order chi connectivity index (χ1) is 8.12. The van der Waals surface area contributed by atoms with Gasteiger partial charge in [0.15, 0.2) is 5.94 Å². The summed E-state index contributed by atoms with van der Waals surface area (Å²) in [5.41, 5.74) is 5.75. The van der Waals surface area contributed by atoms with Gasteiger partial charge in [-0.25, -0.2) is 8.42 Å². The Hall–Kier alpha value is -0.800. The number of sulfone groups is 1. The summed E-state index contributed by atoms with van der Waals surface area (Å²) in [4.78, 5) is -0.168. The van der Waals surface area contributed by atoms with Crippen molar-refractivity contribution in [1.29, 1.82) is 0 Å². The van der Waals surface area contributed by atoms with Gasteiger partial charge in [0.25, 0.3) is 0 Å². The Labute approximate surface area is 110 Å². The number of nitrogen functional groups attached to an aromatic ring is 1. The number of anilines is 1. The van der Waals surface area contributed by atoms with Crippen molar-refractivity contribution in [2.75, 3.05) is 18.3 Å². The van der Waals surface area contributed by atoms with E-state index in [0.717, 1.165) is 0 Å². The van der Waals surface area contributed by atoms with Gasteiger partial charge in [-0.05, 0) is 34.1 Å². The fourth-order valence-corrected chi connectivity index (χ4v) is 3.30. The first kappa shape index (κ1) is 15.3. The molecule has 18 heavy (non-hydrogen) atoms. The number of alkyl halides is 3. The van der Waals surface area contributed by atoms with Crippen LogP contribution in [0, 0.1) is 0 Å². The van der Waals surface area contributed by atoms with Crippen molar-refractivity contribution in [2.45, 2.75) is 11.1 Å². The van der Waals surface area contributed by atoms with E-state index in [9.17, 15) is 21.6 Å². The molecule has 0 spiro atoms. The lowest BCUT2D eigenvalue weighted by Crippen LogP contribution is -2.20.